The van der Waals surface area contributed by atoms with E-state index in [0.717, 1.165) is 12.8 Å². The molecule has 2 fully saturated rings. The first-order valence-electron chi connectivity index (χ1n) is 9.74. The van der Waals surface area contributed by atoms with E-state index >= 15 is 0 Å². The lowest BCUT2D eigenvalue weighted by Gasteiger charge is -2.25. The van der Waals surface area contributed by atoms with Crippen LogP contribution in [0.1, 0.15) is 49.9 Å². The number of nitrogens with zero attached hydrogens (tertiary/aromatic N) is 2. The number of aromatic nitrogens is 1. The Bertz CT molecular complexity index is 757. The smallest absolute Gasteiger partial charge is 0.410 e. The number of nitrogens with two attached hydrogens (primary N) is 1. The van der Waals surface area contributed by atoms with Crippen LogP contribution in [0.2, 0.25) is 0 Å². The second-order valence-electron chi connectivity index (χ2n) is 8.74. The SMILES string of the molecule is CC(C)(C)OC(=O)N1C[C@H]2CC(CNC(=O)OCc3cc(C(N)=O)no3)C[C@H]2C1. The molecule has 0 radical (unpaired) electrons. The van der Waals surface area contributed by atoms with Crippen molar-refractivity contribution in [2.45, 2.75) is 45.8 Å². The van der Waals surface area contributed by atoms with E-state index in [1.807, 2.05) is 20.8 Å². The van der Waals surface area contributed by atoms with Gasteiger partial charge >= 0.3 is 12.2 Å². The van der Waals surface area contributed by atoms with E-state index in [2.05, 4.69) is 10.5 Å². The first-order chi connectivity index (χ1) is 13.6. The summed E-state index contributed by atoms with van der Waals surface area (Å²) in [6.07, 6.45) is 1.09. The van der Waals surface area contributed by atoms with Gasteiger partial charge in [0.25, 0.3) is 5.91 Å². The van der Waals surface area contributed by atoms with Crippen LogP contribution in [0.15, 0.2) is 10.6 Å². The predicted octanol–water partition coefficient (Wildman–Crippen LogP) is 1.89. The maximum atomic E-state index is 12.2. The number of nitrogens with one attached hydrogen (secondary N) is 1. The predicted molar refractivity (Wildman–Crippen MR) is 101 cm³/mol. The molecule has 3 N–H and O–H groups in total. The van der Waals surface area contributed by atoms with Crippen LogP contribution in [0.5, 0.6) is 0 Å². The molecular weight excluding hydrogens is 380 g/mol. The topological polar surface area (TPSA) is 137 Å². The zero-order chi connectivity index (χ0) is 21.2. The second kappa shape index (κ2) is 8.30. The molecular formula is C19H28N4O6. The van der Waals surface area contributed by atoms with Crippen molar-refractivity contribution >= 4 is 18.1 Å². The van der Waals surface area contributed by atoms with E-state index < -0.39 is 17.6 Å². The molecule has 29 heavy (non-hydrogen) atoms. The quantitative estimate of drug-likeness (QED) is 0.759. The molecule has 3 amide bonds. The summed E-state index contributed by atoms with van der Waals surface area (Å²) in [5.41, 5.74) is 4.58. The summed E-state index contributed by atoms with van der Waals surface area (Å²) < 4.78 is 15.4. The number of fused-ring (bicyclic) bond motifs is 1. The lowest BCUT2D eigenvalue weighted by Crippen LogP contribution is -2.36. The molecule has 1 unspecified atom stereocenters. The summed E-state index contributed by atoms with van der Waals surface area (Å²) in [4.78, 5) is 36.8. The van der Waals surface area contributed by atoms with Crippen molar-refractivity contribution in [3.05, 3.63) is 17.5 Å². The van der Waals surface area contributed by atoms with Gasteiger partial charge in [-0.3, -0.25) is 4.79 Å². The van der Waals surface area contributed by atoms with Gasteiger partial charge in [0.2, 0.25) is 0 Å². The summed E-state index contributed by atoms with van der Waals surface area (Å²) in [5.74, 6) is 0.761. The molecule has 2 aliphatic rings. The van der Waals surface area contributed by atoms with Crippen molar-refractivity contribution in [3.8, 4) is 0 Å². The number of carbonyl (C=O) groups excluding carboxylic acids is 3. The van der Waals surface area contributed by atoms with Crippen LogP contribution in [0, 0.1) is 17.8 Å². The fraction of sp³-hybridized carbons (Fsp3) is 0.684. The fourth-order valence-corrected chi connectivity index (χ4v) is 3.98. The summed E-state index contributed by atoms with van der Waals surface area (Å²) in [6, 6.07) is 1.34. The van der Waals surface area contributed by atoms with Gasteiger partial charge in [-0.25, -0.2) is 9.59 Å². The van der Waals surface area contributed by atoms with Crippen LogP contribution in [-0.2, 0) is 16.1 Å². The minimum atomic E-state index is -0.707. The lowest BCUT2D eigenvalue weighted by atomic mass is 10.0. The van der Waals surface area contributed by atoms with Crippen molar-refractivity contribution < 1.29 is 28.4 Å². The third-order valence-corrected chi connectivity index (χ3v) is 5.19. The normalized spacial score (nSPS) is 23.6. The lowest BCUT2D eigenvalue weighted by molar-refractivity contribution is 0.0277. The number of rotatable bonds is 5. The van der Waals surface area contributed by atoms with Gasteiger partial charge in [-0.2, -0.15) is 0 Å². The van der Waals surface area contributed by atoms with E-state index in [0.29, 0.717) is 37.4 Å². The molecule has 1 aromatic rings. The molecule has 0 aromatic carbocycles. The molecule has 0 bridgehead atoms. The fourth-order valence-electron chi connectivity index (χ4n) is 3.98. The summed E-state index contributed by atoms with van der Waals surface area (Å²) in [7, 11) is 0. The Morgan fingerprint density at radius 3 is 2.48 bits per heavy atom. The summed E-state index contributed by atoms with van der Waals surface area (Å²) in [5, 5.41) is 6.23. The molecule has 3 atom stereocenters. The Labute approximate surface area is 169 Å². The van der Waals surface area contributed by atoms with Gasteiger partial charge in [0, 0.05) is 25.7 Å². The Morgan fingerprint density at radius 1 is 1.28 bits per heavy atom. The highest BCUT2D eigenvalue weighted by molar-refractivity contribution is 5.90. The number of hydrogen-bond donors (Lipinski definition) is 2. The molecule has 10 heteroatoms. The van der Waals surface area contributed by atoms with Gasteiger partial charge in [0.1, 0.15) is 5.60 Å². The van der Waals surface area contributed by atoms with E-state index in [9.17, 15) is 14.4 Å². The second-order valence-corrected chi connectivity index (χ2v) is 8.74. The van der Waals surface area contributed by atoms with E-state index in [4.69, 9.17) is 19.7 Å². The molecule has 1 aliphatic heterocycles. The minimum absolute atomic E-state index is 0.0121. The van der Waals surface area contributed by atoms with Crippen molar-refractivity contribution in [1.29, 1.82) is 0 Å². The monoisotopic (exact) mass is 408 g/mol. The van der Waals surface area contributed by atoms with Crippen LogP contribution in [0.3, 0.4) is 0 Å². The average molecular weight is 408 g/mol. The van der Waals surface area contributed by atoms with Crippen molar-refractivity contribution in [2.24, 2.45) is 23.5 Å². The number of ether oxygens (including phenoxy) is 2. The first kappa shape index (κ1) is 20.9. The summed E-state index contributed by atoms with van der Waals surface area (Å²) >= 11 is 0. The van der Waals surface area contributed by atoms with E-state index in [-0.39, 0.29) is 24.2 Å². The standard InChI is InChI=1S/C19H28N4O6/c1-19(2,3)28-18(26)23-8-12-4-11(5-13(12)9-23)7-21-17(25)27-10-14-6-15(16(20)24)22-29-14/h6,11-13H,4-5,7-10H2,1-3H3,(H2,20,24)(H,21,25)/t11?,12-,13+. The van der Waals surface area contributed by atoms with Crippen LogP contribution in [0.4, 0.5) is 9.59 Å². The van der Waals surface area contributed by atoms with Crippen LogP contribution < -0.4 is 11.1 Å². The Kier molecular flexibility index (Phi) is 5.99. The van der Waals surface area contributed by atoms with Gasteiger partial charge in [-0.1, -0.05) is 5.16 Å². The number of amides is 3. The molecule has 160 valence electrons. The molecule has 1 saturated carbocycles. The molecule has 2 heterocycles. The molecule has 0 spiro atoms. The maximum Gasteiger partial charge on any atom is 0.410 e. The third kappa shape index (κ3) is 5.61. The minimum Gasteiger partial charge on any atom is -0.444 e. The maximum absolute atomic E-state index is 12.2. The Hall–Kier alpha value is -2.78. The number of primary amides is 1. The number of carbonyl (C=O) groups is 3. The van der Waals surface area contributed by atoms with Crippen molar-refractivity contribution in [1.82, 2.24) is 15.4 Å². The molecule has 1 aromatic heterocycles. The highest BCUT2D eigenvalue weighted by Crippen LogP contribution is 2.41. The highest BCUT2D eigenvalue weighted by Gasteiger charge is 2.43. The van der Waals surface area contributed by atoms with Crippen LogP contribution in [-0.4, -0.2) is 53.4 Å². The number of likely N-dealkylation sites (tertiary alicyclic amines) is 1. The van der Waals surface area contributed by atoms with Gasteiger partial charge in [0.05, 0.1) is 0 Å². The Morgan fingerprint density at radius 2 is 1.93 bits per heavy atom. The van der Waals surface area contributed by atoms with Crippen molar-refractivity contribution in [2.75, 3.05) is 19.6 Å². The van der Waals surface area contributed by atoms with Gasteiger partial charge in [-0.15, -0.1) is 0 Å². The van der Waals surface area contributed by atoms with Crippen molar-refractivity contribution in [3.63, 3.8) is 0 Å². The van der Waals surface area contributed by atoms with E-state index in [1.54, 1.807) is 4.90 Å². The third-order valence-electron chi connectivity index (χ3n) is 5.19. The molecule has 3 rings (SSSR count). The number of hydrogen-bond acceptors (Lipinski definition) is 7. The van der Waals surface area contributed by atoms with Gasteiger partial charge in [0.15, 0.2) is 18.1 Å². The van der Waals surface area contributed by atoms with Gasteiger partial charge in [-0.05, 0) is 51.4 Å². The zero-order valence-electron chi connectivity index (χ0n) is 17.0. The van der Waals surface area contributed by atoms with Gasteiger partial charge < -0.3 is 29.9 Å². The summed E-state index contributed by atoms with van der Waals surface area (Å²) in [6.45, 7) is 7.38. The molecule has 1 aliphatic carbocycles. The number of alkyl carbamates (subject to hydrolysis) is 1. The van der Waals surface area contributed by atoms with E-state index in [1.165, 1.54) is 6.07 Å². The molecule has 1 saturated heterocycles. The first-order valence-corrected chi connectivity index (χ1v) is 9.74. The Balaban J connectivity index is 1.35. The zero-order valence-corrected chi connectivity index (χ0v) is 17.0. The largest absolute Gasteiger partial charge is 0.444 e. The molecule has 10 nitrogen and oxygen atoms in total. The average Bonchev–Trinajstić information content (AvgIpc) is 3.30. The van der Waals surface area contributed by atoms with Crippen LogP contribution in [0.25, 0.3) is 0 Å². The highest BCUT2D eigenvalue weighted by atomic mass is 16.6. The van der Waals surface area contributed by atoms with Crippen LogP contribution >= 0.6 is 0 Å².